The summed E-state index contributed by atoms with van der Waals surface area (Å²) in [6.45, 7) is 3.27. The van der Waals surface area contributed by atoms with Crippen molar-refractivity contribution in [2.75, 3.05) is 12.9 Å². The Morgan fingerprint density at radius 3 is 2.34 bits per heavy atom. The van der Waals surface area contributed by atoms with Gasteiger partial charge in [-0.1, -0.05) is 11.8 Å². The normalized spacial score (nSPS) is 23.1. The number of carbonyl (C=O) groups excluding carboxylic acids is 3. The molecule has 0 spiro atoms. The molecule has 0 amide bonds. The summed E-state index contributed by atoms with van der Waals surface area (Å²) in [7, 11) is 0. The second kappa shape index (κ2) is 9.53. The highest BCUT2D eigenvalue weighted by Crippen LogP contribution is 2.36. The molecular weight excluding hydrogens is 406 g/mol. The van der Waals surface area contributed by atoms with Crippen LogP contribution in [0.1, 0.15) is 32.6 Å². The average Bonchev–Trinajstić information content (AvgIpc) is 2.95. The Kier molecular flexibility index (Phi) is 7.35. The van der Waals surface area contributed by atoms with E-state index in [-0.39, 0.29) is 17.3 Å². The second-order valence-corrected chi connectivity index (χ2v) is 6.75. The number of nitrogens with zero attached hydrogens (tertiary/aromatic N) is 3. The lowest BCUT2D eigenvalue weighted by Crippen LogP contribution is -2.40. The van der Waals surface area contributed by atoms with Crippen molar-refractivity contribution < 1.29 is 33.3 Å². The Hall–Kier alpha value is -2.91. The summed E-state index contributed by atoms with van der Waals surface area (Å²) < 4.78 is 22.8. The molecule has 12 heteroatoms. The molecule has 0 aliphatic carbocycles. The van der Waals surface area contributed by atoms with Gasteiger partial charge in [0.05, 0.1) is 0 Å². The topological polar surface area (TPSA) is 147 Å². The summed E-state index contributed by atoms with van der Waals surface area (Å²) >= 11 is 1.10. The van der Waals surface area contributed by atoms with Crippen LogP contribution < -0.4 is 5.56 Å². The first-order chi connectivity index (χ1) is 13.7. The maximum atomic E-state index is 11.9. The highest BCUT2D eigenvalue weighted by atomic mass is 32.2. The highest BCUT2D eigenvalue weighted by Gasteiger charge is 2.51. The molecule has 4 atom stereocenters. The van der Waals surface area contributed by atoms with E-state index in [1.807, 2.05) is 0 Å². The zero-order chi connectivity index (χ0) is 21.7. The van der Waals surface area contributed by atoms with Gasteiger partial charge in [0.25, 0.3) is 5.56 Å². The molecular formula is C17H19N3O8S. The first kappa shape index (κ1) is 22.4. The van der Waals surface area contributed by atoms with Crippen molar-refractivity contribution in [1.82, 2.24) is 9.55 Å². The fourth-order valence-corrected chi connectivity index (χ4v) is 3.32. The van der Waals surface area contributed by atoms with Crippen LogP contribution in [0, 0.1) is 11.3 Å². The monoisotopic (exact) mass is 425 g/mol. The standard InChI is InChI=1S/C17H19N3O8S/c1-8(21)25-7-12-13(26-9(2)22)14(27-10(3)23)16(28-12)20-6-11(5-18)15(24)19-17(20)29-4/h6,12-14,16H,7H2,1-4H3/t12-,13-,14-,16-/m1/s1. The Balaban J connectivity index is 2.54. The van der Waals surface area contributed by atoms with Crippen molar-refractivity contribution in [1.29, 1.82) is 5.26 Å². The fraction of sp³-hybridized carbons (Fsp3) is 0.529. The molecule has 2 heterocycles. The van der Waals surface area contributed by atoms with Crippen molar-refractivity contribution >= 4 is 29.7 Å². The third-order valence-corrected chi connectivity index (χ3v) is 4.50. The number of hydrogen-bond acceptors (Lipinski definition) is 11. The van der Waals surface area contributed by atoms with Crippen LogP contribution in [0.3, 0.4) is 0 Å². The largest absolute Gasteiger partial charge is 0.463 e. The minimum atomic E-state index is -1.14. The number of aromatic nitrogens is 2. The second-order valence-electron chi connectivity index (χ2n) is 5.98. The Bertz CT molecular complexity index is 909. The first-order valence-electron chi connectivity index (χ1n) is 8.38. The van der Waals surface area contributed by atoms with Gasteiger partial charge in [-0.25, -0.2) is 0 Å². The van der Waals surface area contributed by atoms with E-state index in [0.717, 1.165) is 11.8 Å². The third-order valence-electron chi connectivity index (χ3n) is 3.83. The van der Waals surface area contributed by atoms with Crippen molar-refractivity contribution in [3.63, 3.8) is 0 Å². The smallest absolute Gasteiger partial charge is 0.303 e. The van der Waals surface area contributed by atoms with Gasteiger partial charge in [0.2, 0.25) is 0 Å². The summed E-state index contributed by atoms with van der Waals surface area (Å²) in [4.78, 5) is 50.2. The molecule has 1 aliphatic heterocycles. The molecule has 29 heavy (non-hydrogen) atoms. The van der Waals surface area contributed by atoms with Gasteiger partial charge in [0, 0.05) is 27.0 Å². The molecule has 0 bridgehead atoms. The fourth-order valence-electron chi connectivity index (χ4n) is 2.78. The van der Waals surface area contributed by atoms with E-state index < -0.39 is 48.0 Å². The van der Waals surface area contributed by atoms with E-state index in [4.69, 9.17) is 24.2 Å². The lowest BCUT2D eigenvalue weighted by atomic mass is 10.1. The summed E-state index contributed by atoms with van der Waals surface area (Å²) in [5, 5.41) is 9.35. The molecule has 0 saturated carbocycles. The molecule has 0 aromatic carbocycles. The van der Waals surface area contributed by atoms with Gasteiger partial charge in [-0.15, -0.1) is 0 Å². The van der Waals surface area contributed by atoms with Crippen molar-refractivity contribution in [2.45, 2.75) is 50.5 Å². The van der Waals surface area contributed by atoms with E-state index >= 15 is 0 Å². The molecule has 1 aliphatic rings. The zero-order valence-electron chi connectivity index (χ0n) is 16.1. The number of thioether (sulfide) groups is 1. The Morgan fingerprint density at radius 2 is 1.83 bits per heavy atom. The lowest BCUT2D eigenvalue weighted by molar-refractivity contribution is -0.166. The predicted molar refractivity (Wildman–Crippen MR) is 96.6 cm³/mol. The van der Waals surface area contributed by atoms with Gasteiger partial charge in [-0.05, 0) is 6.26 Å². The van der Waals surface area contributed by atoms with Crippen LogP contribution in [0.4, 0.5) is 0 Å². The molecule has 2 rings (SSSR count). The third kappa shape index (κ3) is 5.33. The minimum absolute atomic E-state index is 0.186. The number of nitriles is 1. The highest BCUT2D eigenvalue weighted by molar-refractivity contribution is 7.98. The average molecular weight is 425 g/mol. The van der Waals surface area contributed by atoms with E-state index in [1.54, 1.807) is 12.3 Å². The summed E-state index contributed by atoms with van der Waals surface area (Å²) in [5.41, 5.74) is -0.969. The van der Waals surface area contributed by atoms with Crippen LogP contribution >= 0.6 is 11.8 Å². The number of carbonyl (C=O) groups is 3. The number of esters is 3. The molecule has 0 radical (unpaired) electrons. The van der Waals surface area contributed by atoms with E-state index in [2.05, 4.69) is 4.98 Å². The van der Waals surface area contributed by atoms with Crippen molar-refractivity contribution in [3.05, 3.63) is 22.1 Å². The lowest BCUT2D eigenvalue weighted by Gasteiger charge is -2.25. The van der Waals surface area contributed by atoms with Crippen LogP contribution in [0.2, 0.25) is 0 Å². The van der Waals surface area contributed by atoms with Crippen molar-refractivity contribution in [3.8, 4) is 6.07 Å². The molecule has 156 valence electrons. The van der Waals surface area contributed by atoms with Gasteiger partial charge < -0.3 is 18.9 Å². The summed E-state index contributed by atoms with van der Waals surface area (Å²) in [6, 6.07) is 1.74. The van der Waals surface area contributed by atoms with Crippen LogP contribution in [0.25, 0.3) is 0 Å². The first-order valence-corrected chi connectivity index (χ1v) is 9.61. The molecule has 1 aromatic heterocycles. The van der Waals surface area contributed by atoms with Crippen LogP contribution in [0.15, 0.2) is 16.1 Å². The number of rotatable bonds is 6. The molecule has 1 saturated heterocycles. The van der Waals surface area contributed by atoms with Gasteiger partial charge in [0.15, 0.2) is 23.6 Å². The Morgan fingerprint density at radius 1 is 1.21 bits per heavy atom. The molecule has 11 nitrogen and oxygen atoms in total. The van der Waals surface area contributed by atoms with Crippen LogP contribution in [-0.4, -0.2) is 58.6 Å². The van der Waals surface area contributed by atoms with E-state index in [0.29, 0.717) is 0 Å². The van der Waals surface area contributed by atoms with Gasteiger partial charge >= 0.3 is 17.9 Å². The molecule has 1 fully saturated rings. The molecule has 1 aromatic rings. The van der Waals surface area contributed by atoms with Gasteiger partial charge in [-0.3, -0.25) is 23.7 Å². The maximum absolute atomic E-state index is 11.9. The molecule has 0 unspecified atom stereocenters. The SMILES string of the molecule is CSc1nc(=O)c(C#N)cn1[C@@H]1O[C@H](COC(C)=O)[C@@H](OC(C)=O)[C@H]1OC(C)=O. The Labute approximate surface area is 169 Å². The van der Waals surface area contributed by atoms with Gasteiger partial charge in [0.1, 0.15) is 24.3 Å². The number of hydrogen-bond donors (Lipinski definition) is 0. The quantitative estimate of drug-likeness (QED) is 0.266. The predicted octanol–water partition coefficient (Wildman–Crippen LogP) is 0.161. The minimum Gasteiger partial charge on any atom is -0.463 e. The molecule has 0 N–H and O–H groups in total. The number of ether oxygens (including phenoxy) is 4. The van der Waals surface area contributed by atoms with Crippen LogP contribution in [-0.2, 0) is 33.3 Å². The van der Waals surface area contributed by atoms with Crippen LogP contribution in [0.5, 0.6) is 0 Å². The van der Waals surface area contributed by atoms with E-state index in [1.165, 1.54) is 31.5 Å². The van der Waals surface area contributed by atoms with Gasteiger partial charge in [-0.2, -0.15) is 10.2 Å². The van der Waals surface area contributed by atoms with Crippen molar-refractivity contribution in [2.24, 2.45) is 0 Å². The maximum Gasteiger partial charge on any atom is 0.303 e. The summed E-state index contributed by atoms with van der Waals surface area (Å²) in [6.07, 6.45) is -1.41. The zero-order valence-corrected chi connectivity index (χ0v) is 16.9. The summed E-state index contributed by atoms with van der Waals surface area (Å²) in [5.74, 6) is -1.91. The van der Waals surface area contributed by atoms with E-state index in [9.17, 15) is 19.2 Å².